The summed E-state index contributed by atoms with van der Waals surface area (Å²) in [5, 5.41) is 2.80. The van der Waals surface area contributed by atoms with Crippen molar-refractivity contribution in [3.05, 3.63) is 0 Å². The van der Waals surface area contributed by atoms with Crippen molar-refractivity contribution in [3.8, 4) is 0 Å². The van der Waals surface area contributed by atoms with Crippen molar-refractivity contribution in [2.75, 3.05) is 19.8 Å². The van der Waals surface area contributed by atoms with Gasteiger partial charge in [0.05, 0.1) is 13.2 Å². The lowest BCUT2D eigenvalue weighted by Gasteiger charge is -2.29. The number of carbonyl (C=O) groups is 1. The van der Waals surface area contributed by atoms with E-state index in [1.165, 1.54) is 0 Å². The maximum atomic E-state index is 11.6. The molecule has 4 heteroatoms. The molecule has 0 unspecified atom stereocenters. The molecule has 4 nitrogen and oxygen atoms in total. The molecule has 0 aliphatic heterocycles. The van der Waals surface area contributed by atoms with E-state index in [-0.39, 0.29) is 16.9 Å². The average Bonchev–Trinajstić information content (AvgIpc) is 2.24. The van der Waals surface area contributed by atoms with Crippen molar-refractivity contribution in [2.24, 2.45) is 10.8 Å². The number of alkyl carbamates (subject to hydrolysis) is 1. The largest absolute Gasteiger partial charge is 0.444 e. The molecule has 0 rings (SSSR count). The topological polar surface area (TPSA) is 47.6 Å². The summed E-state index contributed by atoms with van der Waals surface area (Å²) in [7, 11) is 0. The summed E-state index contributed by atoms with van der Waals surface area (Å²) in [5.74, 6) is 0. The molecule has 0 saturated heterocycles. The lowest BCUT2D eigenvalue weighted by atomic mass is 9.91. The Kier molecular flexibility index (Phi) is 7.02. The van der Waals surface area contributed by atoms with Crippen LogP contribution in [0.25, 0.3) is 0 Å². The molecule has 0 aromatic rings. The summed E-state index contributed by atoms with van der Waals surface area (Å²) < 4.78 is 11.0. The number of rotatable bonds is 7. The van der Waals surface area contributed by atoms with Crippen molar-refractivity contribution in [1.82, 2.24) is 5.32 Å². The smallest absolute Gasteiger partial charge is 0.407 e. The van der Waals surface area contributed by atoms with Crippen molar-refractivity contribution >= 4 is 6.09 Å². The zero-order valence-electron chi connectivity index (χ0n) is 14.6. The second-order valence-electron chi connectivity index (χ2n) is 8.03. The van der Waals surface area contributed by atoms with Gasteiger partial charge in [0.1, 0.15) is 5.60 Å². The maximum absolute atomic E-state index is 11.6. The molecule has 0 spiro atoms. The number of hydrogen-bond acceptors (Lipinski definition) is 3. The molecule has 0 atom stereocenters. The van der Waals surface area contributed by atoms with Gasteiger partial charge in [-0.1, -0.05) is 34.6 Å². The molecule has 0 aliphatic rings. The van der Waals surface area contributed by atoms with Crippen LogP contribution in [0.15, 0.2) is 0 Å². The van der Waals surface area contributed by atoms with E-state index in [0.29, 0.717) is 13.2 Å². The Morgan fingerprint density at radius 2 is 1.45 bits per heavy atom. The molecule has 1 N–H and O–H groups in total. The Labute approximate surface area is 124 Å². The number of hydrogen-bond donors (Lipinski definition) is 1. The van der Waals surface area contributed by atoms with Crippen LogP contribution in [0.1, 0.15) is 61.8 Å². The van der Waals surface area contributed by atoms with E-state index in [1.54, 1.807) is 0 Å². The zero-order valence-corrected chi connectivity index (χ0v) is 14.6. The van der Waals surface area contributed by atoms with Crippen LogP contribution in [-0.4, -0.2) is 31.5 Å². The Morgan fingerprint density at radius 1 is 0.950 bits per heavy atom. The minimum atomic E-state index is -0.462. The minimum absolute atomic E-state index is 0.110. The van der Waals surface area contributed by atoms with Gasteiger partial charge >= 0.3 is 6.09 Å². The van der Waals surface area contributed by atoms with Gasteiger partial charge in [-0.05, 0) is 32.6 Å². The van der Waals surface area contributed by atoms with Gasteiger partial charge < -0.3 is 14.8 Å². The summed E-state index contributed by atoms with van der Waals surface area (Å²) >= 11 is 0. The molecule has 120 valence electrons. The average molecular weight is 287 g/mol. The number of carbonyl (C=O) groups excluding carboxylic acids is 1. The summed E-state index contributed by atoms with van der Waals surface area (Å²) in [4.78, 5) is 11.6. The van der Waals surface area contributed by atoms with Gasteiger partial charge in [0.15, 0.2) is 0 Å². The molecule has 0 saturated carbocycles. The standard InChI is InChI=1S/C16H33NO3/c1-9-15(5,6)11-19-12-16(7,8)10-17-13(18)20-14(2,3)4/h9-12H2,1-8H3,(H,17,18). The normalized spacial score (nSPS) is 13.2. The van der Waals surface area contributed by atoms with Gasteiger partial charge in [-0.3, -0.25) is 0 Å². The van der Waals surface area contributed by atoms with Gasteiger partial charge in [-0.15, -0.1) is 0 Å². The fourth-order valence-electron chi connectivity index (χ4n) is 1.38. The maximum Gasteiger partial charge on any atom is 0.407 e. The van der Waals surface area contributed by atoms with Crippen LogP contribution in [0.4, 0.5) is 4.79 Å². The lowest BCUT2D eigenvalue weighted by Crippen LogP contribution is -2.40. The number of amides is 1. The monoisotopic (exact) mass is 287 g/mol. The molecule has 0 bridgehead atoms. The first kappa shape index (κ1) is 19.2. The first-order chi connectivity index (χ1) is 8.87. The highest BCUT2D eigenvalue weighted by molar-refractivity contribution is 5.67. The molecular weight excluding hydrogens is 254 g/mol. The Morgan fingerprint density at radius 3 is 1.90 bits per heavy atom. The molecule has 0 aromatic carbocycles. The fourth-order valence-corrected chi connectivity index (χ4v) is 1.38. The number of nitrogens with one attached hydrogen (secondary N) is 1. The van der Waals surface area contributed by atoms with Crippen LogP contribution >= 0.6 is 0 Å². The van der Waals surface area contributed by atoms with Gasteiger partial charge in [-0.25, -0.2) is 4.79 Å². The Balaban J connectivity index is 4.04. The summed E-state index contributed by atoms with van der Waals surface area (Å²) in [6.45, 7) is 18.2. The van der Waals surface area contributed by atoms with Crippen molar-refractivity contribution in [2.45, 2.75) is 67.4 Å². The van der Waals surface area contributed by atoms with Crippen LogP contribution in [-0.2, 0) is 9.47 Å². The van der Waals surface area contributed by atoms with E-state index in [0.717, 1.165) is 13.0 Å². The van der Waals surface area contributed by atoms with Crippen molar-refractivity contribution in [3.63, 3.8) is 0 Å². The van der Waals surface area contributed by atoms with E-state index in [2.05, 4.69) is 39.9 Å². The van der Waals surface area contributed by atoms with E-state index in [4.69, 9.17) is 9.47 Å². The Bertz CT molecular complexity index is 303. The minimum Gasteiger partial charge on any atom is -0.444 e. The van der Waals surface area contributed by atoms with Gasteiger partial charge in [-0.2, -0.15) is 0 Å². The molecular formula is C16H33NO3. The summed E-state index contributed by atoms with van der Waals surface area (Å²) in [6.07, 6.45) is 0.711. The zero-order chi connectivity index (χ0) is 16.0. The SMILES string of the molecule is CCC(C)(C)COCC(C)(C)CNC(=O)OC(C)(C)C. The quantitative estimate of drug-likeness (QED) is 0.770. The fraction of sp³-hybridized carbons (Fsp3) is 0.938. The summed E-state index contributed by atoms with van der Waals surface area (Å²) in [5.41, 5.74) is -0.370. The highest BCUT2D eigenvalue weighted by Gasteiger charge is 2.23. The molecule has 0 aliphatic carbocycles. The third-order valence-electron chi connectivity index (χ3n) is 3.05. The van der Waals surface area contributed by atoms with Crippen molar-refractivity contribution in [1.29, 1.82) is 0 Å². The van der Waals surface area contributed by atoms with Crippen LogP contribution < -0.4 is 5.32 Å². The van der Waals surface area contributed by atoms with Crippen LogP contribution in [0.3, 0.4) is 0 Å². The first-order valence-corrected chi connectivity index (χ1v) is 7.41. The molecule has 20 heavy (non-hydrogen) atoms. The second kappa shape index (κ2) is 7.30. The Hall–Kier alpha value is -0.770. The predicted molar refractivity (Wildman–Crippen MR) is 82.9 cm³/mol. The van der Waals surface area contributed by atoms with Crippen LogP contribution in [0.2, 0.25) is 0 Å². The van der Waals surface area contributed by atoms with E-state index in [1.807, 2.05) is 20.8 Å². The first-order valence-electron chi connectivity index (χ1n) is 7.41. The van der Waals surface area contributed by atoms with E-state index >= 15 is 0 Å². The van der Waals surface area contributed by atoms with E-state index < -0.39 is 5.60 Å². The lowest BCUT2D eigenvalue weighted by molar-refractivity contribution is 0.0111. The van der Waals surface area contributed by atoms with Gasteiger partial charge in [0.25, 0.3) is 0 Å². The highest BCUT2D eigenvalue weighted by atomic mass is 16.6. The highest BCUT2D eigenvalue weighted by Crippen LogP contribution is 2.22. The van der Waals surface area contributed by atoms with Crippen molar-refractivity contribution < 1.29 is 14.3 Å². The molecule has 0 aromatic heterocycles. The van der Waals surface area contributed by atoms with Crippen LogP contribution in [0.5, 0.6) is 0 Å². The second-order valence-corrected chi connectivity index (χ2v) is 8.03. The van der Waals surface area contributed by atoms with Crippen LogP contribution in [0, 0.1) is 10.8 Å². The third kappa shape index (κ3) is 10.1. The van der Waals surface area contributed by atoms with Gasteiger partial charge in [0.2, 0.25) is 0 Å². The number of ether oxygens (including phenoxy) is 2. The van der Waals surface area contributed by atoms with E-state index in [9.17, 15) is 4.79 Å². The third-order valence-corrected chi connectivity index (χ3v) is 3.05. The molecule has 0 heterocycles. The van der Waals surface area contributed by atoms with Gasteiger partial charge in [0, 0.05) is 12.0 Å². The predicted octanol–water partition coefficient (Wildman–Crippen LogP) is 3.99. The molecule has 1 amide bonds. The summed E-state index contributed by atoms with van der Waals surface area (Å²) in [6, 6.07) is 0. The molecule has 0 fully saturated rings. The molecule has 0 radical (unpaired) electrons.